The number of rotatable bonds is 6. The Morgan fingerprint density at radius 1 is 1.17 bits per heavy atom. The fourth-order valence-corrected chi connectivity index (χ4v) is 3.37. The van der Waals surface area contributed by atoms with Gasteiger partial charge >= 0.3 is 0 Å². The molecular formula is C18H17N3OS2. The van der Waals surface area contributed by atoms with E-state index in [1.807, 2.05) is 53.9 Å². The largest absolute Gasteiger partial charge is 0.330 e. The van der Waals surface area contributed by atoms with Crippen molar-refractivity contribution in [2.45, 2.75) is 6.92 Å². The average Bonchev–Trinajstić information content (AvgIpc) is 3.11. The summed E-state index contributed by atoms with van der Waals surface area (Å²) in [6, 6.07) is 15.3. The molecule has 0 spiro atoms. The molecule has 1 aromatic carbocycles. The molecule has 4 nitrogen and oxygen atoms in total. The standard InChI is InChI=1S/C18H17N3OS2/c1-2-24-21-15-7-5-6-14(11-15)20-18(22)17-10-13(12-23-17)16-8-3-4-9-19-16/h3-12,21H,2H2,1H3,(H,20,22). The molecule has 0 saturated heterocycles. The lowest BCUT2D eigenvalue weighted by atomic mass is 10.2. The van der Waals surface area contributed by atoms with Gasteiger partial charge in [-0.05, 0) is 36.4 Å². The Bertz CT molecular complexity index is 818. The van der Waals surface area contributed by atoms with Crippen LogP contribution in [0.3, 0.4) is 0 Å². The predicted octanol–water partition coefficient (Wildman–Crippen LogP) is 5.14. The van der Waals surface area contributed by atoms with E-state index in [4.69, 9.17) is 0 Å². The summed E-state index contributed by atoms with van der Waals surface area (Å²) in [6.07, 6.45) is 1.75. The minimum atomic E-state index is -0.109. The van der Waals surface area contributed by atoms with Gasteiger partial charge in [0, 0.05) is 34.3 Å². The van der Waals surface area contributed by atoms with Crippen LogP contribution in [0.25, 0.3) is 11.3 Å². The van der Waals surface area contributed by atoms with Gasteiger partial charge in [-0.25, -0.2) is 0 Å². The highest BCUT2D eigenvalue weighted by atomic mass is 32.2. The van der Waals surface area contributed by atoms with Crippen molar-refractivity contribution in [1.82, 2.24) is 4.98 Å². The first-order valence-corrected chi connectivity index (χ1v) is 9.42. The first-order valence-electron chi connectivity index (χ1n) is 7.55. The number of aromatic nitrogens is 1. The van der Waals surface area contributed by atoms with Gasteiger partial charge in [-0.1, -0.05) is 31.0 Å². The number of hydrogen-bond donors (Lipinski definition) is 2. The van der Waals surface area contributed by atoms with Gasteiger partial charge < -0.3 is 10.0 Å². The summed E-state index contributed by atoms with van der Waals surface area (Å²) >= 11 is 3.04. The van der Waals surface area contributed by atoms with Crippen molar-refractivity contribution in [3.8, 4) is 11.3 Å². The first kappa shape index (κ1) is 16.5. The molecule has 2 heterocycles. The number of benzene rings is 1. The number of nitrogens with one attached hydrogen (secondary N) is 2. The van der Waals surface area contributed by atoms with Gasteiger partial charge in [0.25, 0.3) is 5.91 Å². The number of amides is 1. The zero-order valence-electron chi connectivity index (χ0n) is 13.2. The topological polar surface area (TPSA) is 54.0 Å². The van der Waals surface area contributed by atoms with Crippen LogP contribution < -0.4 is 10.0 Å². The summed E-state index contributed by atoms with van der Waals surface area (Å²) in [5, 5.41) is 4.89. The Morgan fingerprint density at radius 3 is 2.83 bits per heavy atom. The molecule has 0 unspecified atom stereocenters. The summed E-state index contributed by atoms with van der Waals surface area (Å²) < 4.78 is 3.23. The van der Waals surface area contributed by atoms with Crippen LogP contribution in [0.15, 0.2) is 60.1 Å². The van der Waals surface area contributed by atoms with Crippen molar-refractivity contribution >= 4 is 40.6 Å². The van der Waals surface area contributed by atoms with Crippen molar-refractivity contribution < 1.29 is 4.79 Å². The Labute approximate surface area is 149 Å². The molecule has 0 fully saturated rings. The van der Waals surface area contributed by atoms with E-state index >= 15 is 0 Å². The van der Waals surface area contributed by atoms with Crippen LogP contribution in [0.4, 0.5) is 11.4 Å². The summed E-state index contributed by atoms with van der Waals surface area (Å²) in [5.74, 6) is 0.865. The molecule has 0 bridgehead atoms. The smallest absolute Gasteiger partial charge is 0.265 e. The van der Waals surface area contributed by atoms with Gasteiger partial charge in [0.2, 0.25) is 0 Å². The molecule has 3 aromatic rings. The number of anilines is 2. The summed E-state index contributed by atoms with van der Waals surface area (Å²) in [4.78, 5) is 17.4. The van der Waals surface area contributed by atoms with E-state index in [-0.39, 0.29) is 5.91 Å². The highest BCUT2D eigenvalue weighted by molar-refractivity contribution is 8.00. The van der Waals surface area contributed by atoms with E-state index in [0.29, 0.717) is 4.88 Å². The van der Waals surface area contributed by atoms with E-state index in [2.05, 4.69) is 21.9 Å². The molecule has 0 aliphatic heterocycles. The monoisotopic (exact) mass is 355 g/mol. The lowest BCUT2D eigenvalue weighted by molar-refractivity contribution is 0.103. The Kier molecular flexibility index (Phi) is 5.51. The number of thiophene rings is 1. The second-order valence-electron chi connectivity index (χ2n) is 4.98. The third kappa shape index (κ3) is 4.15. The Balaban J connectivity index is 1.70. The minimum absolute atomic E-state index is 0.109. The molecule has 24 heavy (non-hydrogen) atoms. The second kappa shape index (κ2) is 7.99. The van der Waals surface area contributed by atoms with E-state index < -0.39 is 0 Å². The second-order valence-corrected chi connectivity index (χ2v) is 6.97. The molecule has 0 aliphatic carbocycles. The third-order valence-electron chi connectivity index (χ3n) is 3.24. The predicted molar refractivity (Wildman–Crippen MR) is 104 cm³/mol. The van der Waals surface area contributed by atoms with Crippen LogP contribution in [-0.2, 0) is 0 Å². The van der Waals surface area contributed by atoms with Gasteiger partial charge in [-0.3, -0.25) is 9.78 Å². The molecule has 0 aliphatic rings. The molecular weight excluding hydrogens is 338 g/mol. The maximum atomic E-state index is 12.4. The van der Waals surface area contributed by atoms with E-state index in [0.717, 1.165) is 28.4 Å². The van der Waals surface area contributed by atoms with Crippen LogP contribution in [-0.4, -0.2) is 16.6 Å². The minimum Gasteiger partial charge on any atom is -0.330 e. The van der Waals surface area contributed by atoms with Crippen LogP contribution in [0.5, 0.6) is 0 Å². The van der Waals surface area contributed by atoms with Gasteiger partial charge in [0.1, 0.15) is 0 Å². The van der Waals surface area contributed by atoms with E-state index in [1.54, 1.807) is 18.1 Å². The van der Waals surface area contributed by atoms with Crippen molar-refractivity contribution in [3.63, 3.8) is 0 Å². The zero-order valence-corrected chi connectivity index (χ0v) is 14.8. The molecule has 1 amide bonds. The number of pyridine rings is 1. The fraction of sp³-hybridized carbons (Fsp3) is 0.111. The fourth-order valence-electron chi connectivity index (χ4n) is 2.13. The van der Waals surface area contributed by atoms with Crippen LogP contribution in [0.2, 0.25) is 0 Å². The number of carbonyl (C=O) groups excluding carboxylic acids is 1. The van der Waals surface area contributed by atoms with E-state index in [1.165, 1.54) is 11.3 Å². The van der Waals surface area contributed by atoms with Gasteiger partial charge in [-0.2, -0.15) is 0 Å². The van der Waals surface area contributed by atoms with Gasteiger partial charge in [-0.15, -0.1) is 11.3 Å². The summed E-state index contributed by atoms with van der Waals surface area (Å²) in [7, 11) is 0. The van der Waals surface area contributed by atoms with Crippen LogP contribution >= 0.6 is 23.3 Å². The molecule has 0 atom stereocenters. The molecule has 3 rings (SSSR count). The highest BCUT2D eigenvalue weighted by Crippen LogP contribution is 2.25. The van der Waals surface area contributed by atoms with Gasteiger partial charge in [0.15, 0.2) is 0 Å². The quantitative estimate of drug-likeness (QED) is 0.601. The summed E-state index contributed by atoms with van der Waals surface area (Å²) in [5.41, 5.74) is 3.57. The lowest BCUT2D eigenvalue weighted by Gasteiger charge is -2.07. The Hall–Kier alpha value is -2.31. The maximum absolute atomic E-state index is 12.4. The normalized spacial score (nSPS) is 10.4. The lowest BCUT2D eigenvalue weighted by Crippen LogP contribution is -2.10. The highest BCUT2D eigenvalue weighted by Gasteiger charge is 2.11. The van der Waals surface area contributed by atoms with Crippen molar-refractivity contribution in [1.29, 1.82) is 0 Å². The molecule has 6 heteroatoms. The number of hydrogen-bond acceptors (Lipinski definition) is 5. The van der Waals surface area contributed by atoms with Crippen LogP contribution in [0.1, 0.15) is 16.6 Å². The van der Waals surface area contributed by atoms with Crippen molar-refractivity contribution in [3.05, 3.63) is 65.0 Å². The van der Waals surface area contributed by atoms with Crippen molar-refractivity contribution in [2.75, 3.05) is 15.8 Å². The molecule has 2 N–H and O–H groups in total. The van der Waals surface area contributed by atoms with Crippen LogP contribution in [0, 0.1) is 0 Å². The third-order valence-corrected chi connectivity index (χ3v) is 4.84. The zero-order chi connectivity index (χ0) is 16.8. The first-order chi connectivity index (χ1) is 11.8. The van der Waals surface area contributed by atoms with E-state index in [9.17, 15) is 4.79 Å². The Morgan fingerprint density at radius 2 is 2.04 bits per heavy atom. The molecule has 122 valence electrons. The van der Waals surface area contributed by atoms with Gasteiger partial charge in [0.05, 0.1) is 10.6 Å². The summed E-state index contributed by atoms with van der Waals surface area (Å²) in [6.45, 7) is 2.08. The molecule has 0 saturated carbocycles. The average molecular weight is 355 g/mol. The SMILES string of the molecule is CCSNc1cccc(NC(=O)c2cc(-c3ccccn3)cs2)c1. The number of nitrogens with zero attached hydrogens (tertiary/aromatic N) is 1. The molecule has 0 radical (unpaired) electrons. The molecule has 2 aromatic heterocycles. The number of carbonyl (C=O) groups is 1. The van der Waals surface area contributed by atoms with Crippen molar-refractivity contribution in [2.24, 2.45) is 0 Å². The maximum Gasteiger partial charge on any atom is 0.265 e.